The second kappa shape index (κ2) is 7.83. The van der Waals surface area contributed by atoms with Gasteiger partial charge in [-0.15, -0.1) is 11.3 Å². The Balaban J connectivity index is 1.53. The summed E-state index contributed by atoms with van der Waals surface area (Å²) in [7, 11) is 0. The summed E-state index contributed by atoms with van der Waals surface area (Å²) in [5.74, 6) is -0.364. The summed E-state index contributed by atoms with van der Waals surface area (Å²) in [5, 5.41) is 12.7. The number of carbonyl (C=O) groups is 1. The lowest BCUT2D eigenvalue weighted by atomic mass is 10.1. The molecule has 1 aromatic heterocycles. The van der Waals surface area contributed by atoms with Crippen molar-refractivity contribution < 1.29 is 14.3 Å². The lowest BCUT2D eigenvalue weighted by Gasteiger charge is -2.21. The molecule has 1 fully saturated rings. The lowest BCUT2D eigenvalue weighted by molar-refractivity contribution is -0.117. The first-order valence-corrected chi connectivity index (χ1v) is 8.79. The third-order valence-corrected chi connectivity index (χ3v) is 5.06. The van der Waals surface area contributed by atoms with Gasteiger partial charge in [0.15, 0.2) is 5.13 Å². The molecule has 1 atom stereocenters. The van der Waals surface area contributed by atoms with E-state index in [9.17, 15) is 14.3 Å². The average molecular weight is 349 g/mol. The molecule has 2 aromatic rings. The van der Waals surface area contributed by atoms with Crippen molar-refractivity contribution in [2.24, 2.45) is 0 Å². The molecule has 3 rings (SSSR count). The summed E-state index contributed by atoms with van der Waals surface area (Å²) in [6, 6.07) is 6.45. The third kappa shape index (κ3) is 4.37. The Labute approximate surface area is 144 Å². The SMILES string of the molecule is O=C(CN1CCC[C@@H]1CO)Nc1ncc(Cc2ccc(F)cc2)s1. The maximum absolute atomic E-state index is 12.9. The summed E-state index contributed by atoms with van der Waals surface area (Å²) in [6.45, 7) is 1.21. The van der Waals surface area contributed by atoms with Crippen LogP contribution < -0.4 is 5.32 Å². The number of hydrogen-bond donors (Lipinski definition) is 2. The van der Waals surface area contributed by atoms with Crippen LogP contribution >= 0.6 is 11.3 Å². The molecule has 1 aliphatic heterocycles. The number of likely N-dealkylation sites (tertiary alicyclic amines) is 1. The summed E-state index contributed by atoms with van der Waals surface area (Å²) in [6.07, 6.45) is 4.34. The number of amides is 1. The molecule has 0 spiro atoms. The van der Waals surface area contributed by atoms with Crippen LogP contribution in [0.3, 0.4) is 0 Å². The minimum Gasteiger partial charge on any atom is -0.395 e. The van der Waals surface area contributed by atoms with E-state index in [0.717, 1.165) is 29.8 Å². The van der Waals surface area contributed by atoms with Crippen LogP contribution in [-0.2, 0) is 11.2 Å². The van der Waals surface area contributed by atoms with Crippen molar-refractivity contribution in [3.05, 3.63) is 46.7 Å². The van der Waals surface area contributed by atoms with Crippen LogP contribution in [-0.4, -0.2) is 46.6 Å². The van der Waals surface area contributed by atoms with Gasteiger partial charge in [-0.05, 0) is 37.1 Å². The number of hydrogen-bond acceptors (Lipinski definition) is 5. The molecule has 5 nitrogen and oxygen atoms in total. The van der Waals surface area contributed by atoms with Crippen molar-refractivity contribution in [1.29, 1.82) is 0 Å². The Bertz CT molecular complexity index is 689. The number of benzene rings is 1. The molecule has 0 aliphatic carbocycles. The Hall–Kier alpha value is -1.83. The standard InChI is InChI=1S/C17H20FN3O2S/c18-13-5-3-12(4-6-13)8-15-9-19-17(24-15)20-16(23)10-21-7-1-2-14(21)11-22/h3-6,9,14,22H,1-2,7-8,10-11H2,(H,19,20,23)/t14-/m1/s1. The number of carbonyl (C=O) groups excluding carboxylic acids is 1. The fourth-order valence-electron chi connectivity index (χ4n) is 2.90. The molecule has 2 N–H and O–H groups in total. The highest BCUT2D eigenvalue weighted by Crippen LogP contribution is 2.22. The molecule has 1 saturated heterocycles. The second-order valence-electron chi connectivity index (χ2n) is 5.93. The number of aliphatic hydroxyl groups is 1. The van der Waals surface area contributed by atoms with Crippen LogP contribution in [0.4, 0.5) is 9.52 Å². The van der Waals surface area contributed by atoms with Gasteiger partial charge in [-0.25, -0.2) is 9.37 Å². The van der Waals surface area contributed by atoms with E-state index >= 15 is 0 Å². The fourth-order valence-corrected chi connectivity index (χ4v) is 3.77. The quantitative estimate of drug-likeness (QED) is 0.840. The largest absolute Gasteiger partial charge is 0.395 e. The maximum Gasteiger partial charge on any atom is 0.240 e. The van der Waals surface area contributed by atoms with Gasteiger partial charge in [0.2, 0.25) is 5.91 Å². The van der Waals surface area contributed by atoms with Crippen molar-refractivity contribution in [1.82, 2.24) is 9.88 Å². The number of thiazole rings is 1. The number of nitrogens with one attached hydrogen (secondary N) is 1. The van der Waals surface area contributed by atoms with E-state index in [1.165, 1.54) is 23.5 Å². The second-order valence-corrected chi connectivity index (χ2v) is 7.05. The first kappa shape index (κ1) is 17.0. The number of rotatable bonds is 6. The van der Waals surface area contributed by atoms with Gasteiger partial charge in [0.25, 0.3) is 0 Å². The van der Waals surface area contributed by atoms with Gasteiger partial charge in [-0.2, -0.15) is 0 Å². The minimum atomic E-state index is -0.251. The molecular formula is C17H20FN3O2S. The molecule has 0 unspecified atom stereocenters. The van der Waals surface area contributed by atoms with Gasteiger partial charge < -0.3 is 10.4 Å². The number of aromatic nitrogens is 1. The topological polar surface area (TPSA) is 65.5 Å². The number of halogens is 1. The normalized spacial score (nSPS) is 18.0. The van der Waals surface area contributed by atoms with E-state index in [1.807, 2.05) is 4.90 Å². The summed E-state index contributed by atoms with van der Waals surface area (Å²) in [4.78, 5) is 19.4. The van der Waals surface area contributed by atoms with E-state index in [1.54, 1.807) is 18.3 Å². The summed E-state index contributed by atoms with van der Waals surface area (Å²) in [5.41, 5.74) is 1.00. The van der Waals surface area contributed by atoms with Crippen molar-refractivity contribution in [2.75, 3.05) is 25.0 Å². The minimum absolute atomic E-state index is 0.0843. The highest BCUT2D eigenvalue weighted by Gasteiger charge is 2.25. The third-order valence-electron chi connectivity index (χ3n) is 4.15. The smallest absolute Gasteiger partial charge is 0.240 e. The van der Waals surface area contributed by atoms with Gasteiger partial charge in [-0.3, -0.25) is 9.69 Å². The summed E-state index contributed by atoms with van der Waals surface area (Å²) >= 11 is 1.42. The zero-order chi connectivity index (χ0) is 16.9. The van der Waals surface area contributed by atoms with Crippen LogP contribution in [0.15, 0.2) is 30.5 Å². The van der Waals surface area contributed by atoms with Crippen LogP contribution in [0.2, 0.25) is 0 Å². The van der Waals surface area contributed by atoms with Crippen molar-refractivity contribution >= 4 is 22.4 Å². The van der Waals surface area contributed by atoms with E-state index in [-0.39, 0.29) is 30.9 Å². The van der Waals surface area contributed by atoms with Gasteiger partial charge in [0, 0.05) is 23.5 Å². The van der Waals surface area contributed by atoms with Gasteiger partial charge in [0.05, 0.1) is 13.2 Å². The highest BCUT2D eigenvalue weighted by molar-refractivity contribution is 7.15. The molecule has 1 aliphatic rings. The van der Waals surface area contributed by atoms with Gasteiger partial charge in [-0.1, -0.05) is 12.1 Å². The molecule has 0 saturated carbocycles. The van der Waals surface area contributed by atoms with E-state index < -0.39 is 0 Å². The molecule has 1 amide bonds. The van der Waals surface area contributed by atoms with E-state index in [4.69, 9.17) is 0 Å². The Morgan fingerprint density at radius 2 is 2.21 bits per heavy atom. The zero-order valence-electron chi connectivity index (χ0n) is 13.2. The molecule has 0 bridgehead atoms. The molecule has 7 heteroatoms. The lowest BCUT2D eigenvalue weighted by Crippen LogP contribution is -2.38. The zero-order valence-corrected chi connectivity index (χ0v) is 14.1. The van der Waals surface area contributed by atoms with E-state index in [2.05, 4.69) is 10.3 Å². The average Bonchev–Trinajstić information content (AvgIpc) is 3.19. The van der Waals surface area contributed by atoms with Crippen molar-refractivity contribution in [3.63, 3.8) is 0 Å². The number of aliphatic hydroxyl groups excluding tert-OH is 1. The molecule has 24 heavy (non-hydrogen) atoms. The number of nitrogens with zero attached hydrogens (tertiary/aromatic N) is 2. The molecule has 128 valence electrons. The van der Waals surface area contributed by atoms with Crippen molar-refractivity contribution in [2.45, 2.75) is 25.3 Å². The Kier molecular flexibility index (Phi) is 5.55. The van der Waals surface area contributed by atoms with Crippen LogP contribution in [0, 0.1) is 5.82 Å². The summed E-state index contributed by atoms with van der Waals surface area (Å²) < 4.78 is 12.9. The monoisotopic (exact) mass is 349 g/mol. The van der Waals surface area contributed by atoms with Crippen LogP contribution in [0.25, 0.3) is 0 Å². The first-order chi connectivity index (χ1) is 11.6. The first-order valence-electron chi connectivity index (χ1n) is 7.98. The van der Waals surface area contributed by atoms with Gasteiger partial charge in [0.1, 0.15) is 5.82 Å². The van der Waals surface area contributed by atoms with Crippen LogP contribution in [0.5, 0.6) is 0 Å². The van der Waals surface area contributed by atoms with E-state index in [0.29, 0.717) is 11.6 Å². The predicted octanol–water partition coefficient (Wildman–Crippen LogP) is 2.27. The Morgan fingerprint density at radius 1 is 1.42 bits per heavy atom. The highest BCUT2D eigenvalue weighted by atomic mass is 32.1. The molecule has 0 radical (unpaired) electrons. The Morgan fingerprint density at radius 3 is 2.96 bits per heavy atom. The maximum atomic E-state index is 12.9. The molecule has 1 aromatic carbocycles. The fraction of sp³-hybridized carbons (Fsp3) is 0.412. The number of anilines is 1. The molecule has 2 heterocycles. The molecular weight excluding hydrogens is 329 g/mol. The van der Waals surface area contributed by atoms with Gasteiger partial charge >= 0.3 is 0 Å². The van der Waals surface area contributed by atoms with Crippen LogP contribution in [0.1, 0.15) is 23.3 Å². The van der Waals surface area contributed by atoms with Crippen molar-refractivity contribution in [3.8, 4) is 0 Å². The predicted molar refractivity (Wildman–Crippen MR) is 91.6 cm³/mol.